The first kappa shape index (κ1) is 15.2. The average molecular weight is 298 g/mol. The minimum atomic E-state index is -0.994. The molecule has 2 rings (SSSR count). The van der Waals surface area contributed by atoms with Crippen molar-refractivity contribution in [1.29, 1.82) is 0 Å². The van der Waals surface area contributed by atoms with Gasteiger partial charge in [-0.25, -0.2) is 14.3 Å². The van der Waals surface area contributed by atoms with Crippen LogP contribution in [0.3, 0.4) is 0 Å². The van der Waals surface area contributed by atoms with Crippen LogP contribution in [-0.4, -0.2) is 51.2 Å². The molecule has 0 saturated carbocycles. The van der Waals surface area contributed by atoms with Crippen molar-refractivity contribution < 1.29 is 14.6 Å². The van der Waals surface area contributed by atoms with Gasteiger partial charge in [0, 0.05) is 27.2 Å². The summed E-state index contributed by atoms with van der Waals surface area (Å²) in [6.45, 7) is 0.750. The minimum Gasteiger partial charge on any atom is -0.480 e. The van der Waals surface area contributed by atoms with Gasteiger partial charge in [0.25, 0.3) is 5.56 Å². The Labute approximate surface area is 120 Å². The highest BCUT2D eigenvalue weighted by Gasteiger charge is 2.24. The van der Waals surface area contributed by atoms with Gasteiger partial charge >= 0.3 is 11.7 Å². The topological polar surface area (TPSA) is 107 Å². The summed E-state index contributed by atoms with van der Waals surface area (Å²) in [5.41, 5.74) is -0.897. The fraction of sp³-hybridized carbons (Fsp3) is 0.667. The molecule has 1 aliphatic rings. The van der Waals surface area contributed by atoms with Gasteiger partial charge in [-0.15, -0.1) is 5.10 Å². The third-order valence-electron chi connectivity index (χ3n) is 3.49. The van der Waals surface area contributed by atoms with Gasteiger partial charge in [0.1, 0.15) is 6.61 Å². The molecule has 21 heavy (non-hydrogen) atoms. The third-order valence-corrected chi connectivity index (χ3v) is 3.49. The summed E-state index contributed by atoms with van der Waals surface area (Å²) in [6.07, 6.45) is 1.09. The number of ether oxygens (including phenoxy) is 1. The Kier molecular flexibility index (Phi) is 4.41. The van der Waals surface area contributed by atoms with Crippen LogP contribution in [0.25, 0.3) is 0 Å². The number of carboxylic acid groups (broad SMARTS) is 1. The van der Waals surface area contributed by atoms with Gasteiger partial charge in [0.2, 0.25) is 5.82 Å². The molecule has 0 spiro atoms. The number of hydrogen-bond donors (Lipinski definition) is 1. The van der Waals surface area contributed by atoms with Crippen molar-refractivity contribution in [3.05, 3.63) is 20.8 Å². The second-order valence-corrected chi connectivity index (χ2v) is 4.99. The summed E-state index contributed by atoms with van der Waals surface area (Å²) in [6, 6.07) is 0. The predicted molar refractivity (Wildman–Crippen MR) is 73.5 cm³/mol. The maximum atomic E-state index is 12.1. The third kappa shape index (κ3) is 3.30. The molecule has 0 radical (unpaired) electrons. The minimum absolute atomic E-state index is 0.131. The highest BCUT2D eigenvalue weighted by molar-refractivity contribution is 5.68. The van der Waals surface area contributed by atoms with E-state index in [0.29, 0.717) is 25.9 Å². The summed E-state index contributed by atoms with van der Waals surface area (Å²) < 4.78 is 7.39. The van der Waals surface area contributed by atoms with E-state index in [0.717, 1.165) is 9.25 Å². The van der Waals surface area contributed by atoms with Gasteiger partial charge in [0.05, 0.1) is 6.10 Å². The molecule has 0 aliphatic carbocycles. The molecule has 0 aromatic carbocycles. The normalized spacial score (nSPS) is 16.2. The van der Waals surface area contributed by atoms with Gasteiger partial charge in [-0.3, -0.25) is 9.36 Å². The quantitative estimate of drug-likeness (QED) is 0.724. The molecule has 1 N–H and O–H groups in total. The van der Waals surface area contributed by atoms with Crippen molar-refractivity contribution in [2.45, 2.75) is 18.9 Å². The smallest absolute Gasteiger partial charge is 0.346 e. The van der Waals surface area contributed by atoms with Gasteiger partial charge < -0.3 is 14.7 Å². The van der Waals surface area contributed by atoms with E-state index in [9.17, 15) is 14.4 Å². The highest BCUT2D eigenvalue weighted by atomic mass is 16.5. The number of nitrogens with zero attached hydrogens (tertiary/aromatic N) is 4. The van der Waals surface area contributed by atoms with Crippen LogP contribution in [0.5, 0.6) is 0 Å². The van der Waals surface area contributed by atoms with Crippen molar-refractivity contribution in [2.75, 3.05) is 24.6 Å². The summed E-state index contributed by atoms with van der Waals surface area (Å²) in [5.74, 6) is -0.762. The van der Waals surface area contributed by atoms with Crippen LogP contribution in [0.1, 0.15) is 12.8 Å². The summed E-state index contributed by atoms with van der Waals surface area (Å²) in [7, 11) is 2.91. The molecule has 0 bridgehead atoms. The van der Waals surface area contributed by atoms with Crippen molar-refractivity contribution in [3.8, 4) is 0 Å². The molecular weight excluding hydrogens is 280 g/mol. The SMILES string of the molecule is Cn1nc(N2CCC(OCC(=O)O)CC2)c(=O)n(C)c1=O. The highest BCUT2D eigenvalue weighted by Crippen LogP contribution is 2.16. The fourth-order valence-electron chi connectivity index (χ4n) is 2.30. The Morgan fingerprint density at radius 1 is 1.33 bits per heavy atom. The number of piperidine rings is 1. The Morgan fingerprint density at radius 3 is 2.52 bits per heavy atom. The zero-order valence-electron chi connectivity index (χ0n) is 12.0. The van der Waals surface area contributed by atoms with E-state index >= 15 is 0 Å². The van der Waals surface area contributed by atoms with E-state index < -0.39 is 17.2 Å². The van der Waals surface area contributed by atoms with Crippen molar-refractivity contribution in [2.24, 2.45) is 14.1 Å². The summed E-state index contributed by atoms with van der Waals surface area (Å²) >= 11 is 0. The van der Waals surface area contributed by atoms with Crippen LogP contribution in [0.2, 0.25) is 0 Å². The van der Waals surface area contributed by atoms with Gasteiger partial charge in [-0.05, 0) is 12.8 Å². The lowest BCUT2D eigenvalue weighted by Gasteiger charge is -2.31. The molecule has 9 heteroatoms. The Hall–Kier alpha value is -2.16. The molecule has 0 amide bonds. The first-order chi connectivity index (χ1) is 9.90. The molecule has 1 aromatic heterocycles. The van der Waals surface area contributed by atoms with Crippen molar-refractivity contribution >= 4 is 11.8 Å². The van der Waals surface area contributed by atoms with E-state index in [2.05, 4.69) is 5.10 Å². The number of rotatable bonds is 4. The van der Waals surface area contributed by atoms with Crippen LogP contribution in [0.15, 0.2) is 9.59 Å². The fourth-order valence-corrected chi connectivity index (χ4v) is 2.30. The Morgan fingerprint density at radius 2 is 1.95 bits per heavy atom. The van der Waals surface area contributed by atoms with E-state index in [1.54, 1.807) is 4.90 Å². The predicted octanol–water partition coefficient (Wildman–Crippen LogP) is -1.45. The molecule has 9 nitrogen and oxygen atoms in total. The van der Waals surface area contributed by atoms with Crippen molar-refractivity contribution in [1.82, 2.24) is 14.3 Å². The summed E-state index contributed by atoms with van der Waals surface area (Å²) in [4.78, 5) is 35.9. The summed E-state index contributed by atoms with van der Waals surface area (Å²) in [5, 5.41) is 12.6. The standard InChI is InChI=1S/C12H18N4O5/c1-14-11(19)10(13-15(2)12(14)20)16-5-3-8(4-6-16)21-7-9(17)18/h8H,3-7H2,1-2H3,(H,17,18). The van der Waals surface area contributed by atoms with Gasteiger partial charge in [-0.1, -0.05) is 0 Å². The zero-order valence-corrected chi connectivity index (χ0v) is 12.0. The second kappa shape index (κ2) is 6.08. The first-order valence-electron chi connectivity index (χ1n) is 6.63. The lowest BCUT2D eigenvalue weighted by Crippen LogP contribution is -2.46. The molecule has 0 unspecified atom stereocenters. The number of anilines is 1. The first-order valence-corrected chi connectivity index (χ1v) is 6.63. The number of carbonyl (C=O) groups is 1. The van der Waals surface area contributed by atoms with Gasteiger partial charge in [-0.2, -0.15) is 0 Å². The van der Waals surface area contributed by atoms with Crippen LogP contribution in [0.4, 0.5) is 5.82 Å². The van der Waals surface area contributed by atoms with Crippen LogP contribution in [-0.2, 0) is 23.6 Å². The molecule has 1 saturated heterocycles. The lowest BCUT2D eigenvalue weighted by atomic mass is 10.1. The molecule has 116 valence electrons. The van der Waals surface area contributed by atoms with Crippen LogP contribution < -0.4 is 16.1 Å². The molecule has 2 heterocycles. The molecular formula is C12H18N4O5. The molecule has 1 aliphatic heterocycles. The maximum absolute atomic E-state index is 12.1. The van der Waals surface area contributed by atoms with E-state index in [1.807, 2.05) is 0 Å². The number of hydrogen-bond acceptors (Lipinski definition) is 6. The van der Waals surface area contributed by atoms with Crippen LogP contribution in [0, 0.1) is 0 Å². The number of aryl methyl sites for hydroxylation is 1. The zero-order chi connectivity index (χ0) is 15.6. The van der Waals surface area contributed by atoms with Crippen LogP contribution >= 0.6 is 0 Å². The lowest BCUT2D eigenvalue weighted by molar-refractivity contribution is -0.144. The van der Waals surface area contributed by atoms with Crippen molar-refractivity contribution in [3.63, 3.8) is 0 Å². The van der Waals surface area contributed by atoms with E-state index in [4.69, 9.17) is 9.84 Å². The largest absolute Gasteiger partial charge is 0.480 e. The second-order valence-electron chi connectivity index (χ2n) is 4.99. The number of aliphatic carboxylic acids is 1. The monoisotopic (exact) mass is 298 g/mol. The number of carboxylic acids is 1. The molecule has 1 fully saturated rings. The van der Waals surface area contributed by atoms with Gasteiger partial charge in [0.15, 0.2) is 0 Å². The number of aromatic nitrogens is 3. The average Bonchev–Trinajstić information content (AvgIpc) is 2.47. The maximum Gasteiger partial charge on any atom is 0.346 e. The Bertz CT molecular complexity index is 642. The molecule has 1 aromatic rings. The molecule has 0 atom stereocenters. The Balaban J connectivity index is 2.08. The van der Waals surface area contributed by atoms with E-state index in [-0.39, 0.29) is 18.5 Å². The van der Waals surface area contributed by atoms with E-state index in [1.165, 1.54) is 14.1 Å².